The minimum Gasteiger partial charge on any atom is -0.507 e. The second-order valence-electron chi connectivity index (χ2n) is 7.00. The number of amides is 1. The van der Waals surface area contributed by atoms with Crippen LogP contribution in [0.15, 0.2) is 72.8 Å². The highest BCUT2D eigenvalue weighted by molar-refractivity contribution is 6.28. The van der Waals surface area contributed by atoms with Gasteiger partial charge in [-0.2, -0.15) is 0 Å². The first-order valence-electron chi connectivity index (χ1n) is 9.37. The van der Waals surface area contributed by atoms with Gasteiger partial charge in [-0.15, -0.1) is 0 Å². The van der Waals surface area contributed by atoms with Gasteiger partial charge in [0.25, 0.3) is 5.91 Å². The standard InChI is InChI=1S/C24H18N2O3/c1-15-19(11-13-22(25-15)29-14-16-6-3-2-4-7-16)26-20-10-12-21(27)17-8-5-9-18(23(17)20)24(26)28/h2-13,27H,14H2,1H3. The quantitative estimate of drug-likeness (QED) is 0.532. The topological polar surface area (TPSA) is 62.7 Å². The SMILES string of the molecule is Cc1nc(OCc2ccccc2)ccc1N1C(=O)c2cccc3c(O)ccc1c23. The maximum Gasteiger partial charge on any atom is 0.263 e. The van der Waals surface area contributed by atoms with Crippen molar-refractivity contribution in [1.82, 2.24) is 4.98 Å². The summed E-state index contributed by atoms with van der Waals surface area (Å²) in [4.78, 5) is 19.3. The van der Waals surface area contributed by atoms with Crippen LogP contribution in [0.5, 0.6) is 11.6 Å². The number of rotatable bonds is 4. The molecule has 0 saturated carbocycles. The molecule has 142 valence electrons. The molecule has 0 unspecified atom stereocenters. The van der Waals surface area contributed by atoms with E-state index >= 15 is 0 Å². The summed E-state index contributed by atoms with van der Waals surface area (Å²) in [6.45, 7) is 2.29. The van der Waals surface area contributed by atoms with E-state index < -0.39 is 0 Å². The highest BCUT2D eigenvalue weighted by Gasteiger charge is 2.32. The van der Waals surface area contributed by atoms with Crippen LogP contribution < -0.4 is 9.64 Å². The van der Waals surface area contributed by atoms with Crippen molar-refractivity contribution < 1.29 is 14.6 Å². The molecule has 0 aliphatic carbocycles. The van der Waals surface area contributed by atoms with Crippen LogP contribution >= 0.6 is 0 Å². The number of hydrogen-bond acceptors (Lipinski definition) is 4. The minimum atomic E-state index is -0.126. The van der Waals surface area contributed by atoms with Gasteiger partial charge in [-0.1, -0.05) is 42.5 Å². The van der Waals surface area contributed by atoms with Gasteiger partial charge in [-0.3, -0.25) is 9.69 Å². The van der Waals surface area contributed by atoms with E-state index in [1.807, 2.05) is 49.4 Å². The number of nitrogens with zero attached hydrogens (tertiary/aromatic N) is 2. The lowest BCUT2D eigenvalue weighted by Crippen LogP contribution is -2.22. The van der Waals surface area contributed by atoms with Gasteiger partial charge < -0.3 is 9.84 Å². The monoisotopic (exact) mass is 382 g/mol. The van der Waals surface area contributed by atoms with E-state index in [4.69, 9.17) is 4.74 Å². The number of ether oxygens (including phenoxy) is 1. The Labute approximate surface area is 167 Å². The summed E-state index contributed by atoms with van der Waals surface area (Å²) in [5.41, 5.74) is 3.79. The van der Waals surface area contributed by atoms with E-state index in [1.165, 1.54) is 0 Å². The molecule has 1 aliphatic rings. The van der Waals surface area contributed by atoms with Crippen molar-refractivity contribution in [3.8, 4) is 11.6 Å². The predicted molar refractivity (Wildman–Crippen MR) is 112 cm³/mol. The first-order valence-corrected chi connectivity index (χ1v) is 9.37. The average molecular weight is 382 g/mol. The number of carbonyl (C=O) groups excluding carboxylic acids is 1. The molecule has 0 spiro atoms. The maximum atomic E-state index is 13.1. The molecule has 0 atom stereocenters. The fraction of sp³-hybridized carbons (Fsp3) is 0.0833. The second kappa shape index (κ2) is 6.63. The van der Waals surface area contributed by atoms with Crippen molar-refractivity contribution in [2.75, 3.05) is 4.90 Å². The Hall–Kier alpha value is -3.86. The number of aromatic nitrogens is 1. The molecule has 2 heterocycles. The Kier molecular flexibility index (Phi) is 3.95. The second-order valence-corrected chi connectivity index (χ2v) is 7.00. The van der Waals surface area contributed by atoms with E-state index in [0.717, 1.165) is 16.6 Å². The summed E-state index contributed by atoms with van der Waals surface area (Å²) >= 11 is 0. The summed E-state index contributed by atoms with van der Waals surface area (Å²) < 4.78 is 5.80. The number of benzene rings is 3. The van der Waals surface area contributed by atoms with Gasteiger partial charge >= 0.3 is 0 Å². The predicted octanol–water partition coefficient (Wildman–Crippen LogP) is 5.12. The Morgan fingerprint density at radius 2 is 1.72 bits per heavy atom. The summed E-state index contributed by atoms with van der Waals surface area (Å²) in [6, 6.07) is 22.3. The van der Waals surface area contributed by atoms with Crippen LogP contribution in [-0.2, 0) is 6.61 Å². The first-order chi connectivity index (χ1) is 14.1. The zero-order chi connectivity index (χ0) is 20.0. The normalized spacial score (nSPS) is 12.6. The third kappa shape index (κ3) is 2.79. The Morgan fingerprint density at radius 3 is 2.52 bits per heavy atom. The molecule has 1 amide bonds. The molecule has 5 nitrogen and oxygen atoms in total. The maximum absolute atomic E-state index is 13.1. The van der Waals surface area contributed by atoms with E-state index in [9.17, 15) is 9.90 Å². The van der Waals surface area contributed by atoms with Crippen LogP contribution in [-0.4, -0.2) is 16.0 Å². The van der Waals surface area contributed by atoms with E-state index in [-0.39, 0.29) is 11.7 Å². The average Bonchev–Trinajstić information content (AvgIpc) is 3.03. The highest BCUT2D eigenvalue weighted by atomic mass is 16.5. The van der Waals surface area contributed by atoms with Gasteiger partial charge in [0.05, 0.1) is 22.6 Å². The zero-order valence-corrected chi connectivity index (χ0v) is 15.8. The molecule has 0 bridgehead atoms. The lowest BCUT2D eigenvalue weighted by atomic mass is 10.0. The fourth-order valence-electron chi connectivity index (χ4n) is 3.79. The third-order valence-electron chi connectivity index (χ3n) is 5.17. The minimum absolute atomic E-state index is 0.126. The van der Waals surface area contributed by atoms with E-state index in [0.29, 0.717) is 34.8 Å². The van der Waals surface area contributed by atoms with Gasteiger partial charge in [0, 0.05) is 16.8 Å². The summed E-state index contributed by atoms with van der Waals surface area (Å²) in [6.07, 6.45) is 0. The molecule has 0 fully saturated rings. The number of aryl methyl sites for hydroxylation is 1. The number of phenols is 1. The van der Waals surface area contributed by atoms with Crippen LogP contribution in [0.1, 0.15) is 21.6 Å². The van der Waals surface area contributed by atoms with Gasteiger partial charge in [0.1, 0.15) is 12.4 Å². The lowest BCUT2D eigenvalue weighted by molar-refractivity contribution is 0.100. The smallest absolute Gasteiger partial charge is 0.263 e. The van der Waals surface area contributed by atoms with Crippen molar-refractivity contribution >= 4 is 28.1 Å². The van der Waals surface area contributed by atoms with Crippen LogP contribution in [0.3, 0.4) is 0 Å². The van der Waals surface area contributed by atoms with Crippen molar-refractivity contribution in [2.45, 2.75) is 13.5 Å². The molecule has 0 radical (unpaired) electrons. The molecule has 1 aliphatic heterocycles. The number of pyridine rings is 1. The third-order valence-corrected chi connectivity index (χ3v) is 5.17. The van der Waals surface area contributed by atoms with Crippen LogP contribution in [0, 0.1) is 6.92 Å². The molecular weight excluding hydrogens is 364 g/mol. The Morgan fingerprint density at radius 1 is 0.931 bits per heavy atom. The van der Waals surface area contributed by atoms with Crippen molar-refractivity contribution in [2.24, 2.45) is 0 Å². The van der Waals surface area contributed by atoms with Gasteiger partial charge in [-0.05, 0) is 36.8 Å². The van der Waals surface area contributed by atoms with Crippen molar-refractivity contribution in [3.05, 3.63) is 89.6 Å². The number of phenolic OH excluding ortho intramolecular Hbond substituents is 1. The molecule has 3 aromatic carbocycles. The largest absolute Gasteiger partial charge is 0.507 e. The number of anilines is 2. The summed E-state index contributed by atoms with van der Waals surface area (Å²) in [7, 11) is 0. The van der Waals surface area contributed by atoms with E-state index in [1.54, 1.807) is 35.2 Å². The van der Waals surface area contributed by atoms with Crippen LogP contribution in [0.2, 0.25) is 0 Å². The molecular formula is C24H18N2O3. The van der Waals surface area contributed by atoms with Gasteiger partial charge in [0.15, 0.2) is 0 Å². The number of carbonyl (C=O) groups is 1. The van der Waals surface area contributed by atoms with Crippen LogP contribution in [0.4, 0.5) is 11.4 Å². The molecule has 29 heavy (non-hydrogen) atoms. The fourth-order valence-corrected chi connectivity index (χ4v) is 3.79. The summed E-state index contributed by atoms with van der Waals surface area (Å²) in [5.74, 6) is 0.550. The van der Waals surface area contributed by atoms with Gasteiger partial charge in [0.2, 0.25) is 5.88 Å². The molecule has 1 N–H and O–H groups in total. The highest BCUT2D eigenvalue weighted by Crippen LogP contribution is 2.45. The Balaban J connectivity index is 1.49. The van der Waals surface area contributed by atoms with Crippen LogP contribution in [0.25, 0.3) is 10.8 Å². The van der Waals surface area contributed by atoms with E-state index in [2.05, 4.69) is 4.98 Å². The van der Waals surface area contributed by atoms with Crippen molar-refractivity contribution in [1.29, 1.82) is 0 Å². The summed E-state index contributed by atoms with van der Waals surface area (Å²) in [5, 5.41) is 11.6. The zero-order valence-electron chi connectivity index (χ0n) is 15.8. The molecule has 0 saturated heterocycles. The van der Waals surface area contributed by atoms with Crippen molar-refractivity contribution in [3.63, 3.8) is 0 Å². The Bertz CT molecular complexity index is 1250. The lowest BCUT2D eigenvalue weighted by Gasteiger charge is -2.20. The number of aromatic hydroxyl groups is 1. The first kappa shape index (κ1) is 17.3. The molecule has 1 aromatic heterocycles. The molecule has 5 rings (SSSR count). The molecule has 5 heteroatoms. The molecule has 4 aromatic rings. The van der Waals surface area contributed by atoms with Gasteiger partial charge in [-0.25, -0.2) is 4.98 Å². The number of hydrogen-bond donors (Lipinski definition) is 1.